The Morgan fingerprint density at radius 1 is 1.21 bits per heavy atom. The van der Waals surface area contributed by atoms with Gasteiger partial charge >= 0.3 is 0 Å². The van der Waals surface area contributed by atoms with Gasteiger partial charge in [-0.15, -0.1) is 0 Å². The van der Waals surface area contributed by atoms with Gasteiger partial charge in [-0.3, -0.25) is 4.98 Å². The smallest absolute Gasteiger partial charge is 0.175 e. The van der Waals surface area contributed by atoms with E-state index in [1.807, 2.05) is 31.2 Å². The molecule has 0 amide bonds. The summed E-state index contributed by atoms with van der Waals surface area (Å²) in [5, 5.41) is 25.7. The number of pyridine rings is 1. The van der Waals surface area contributed by atoms with Gasteiger partial charge in [0.2, 0.25) is 0 Å². The lowest BCUT2D eigenvalue weighted by atomic mass is 9.98. The van der Waals surface area contributed by atoms with Gasteiger partial charge in [0.25, 0.3) is 0 Å². The van der Waals surface area contributed by atoms with Crippen LogP contribution in [0.1, 0.15) is 17.0 Å². The van der Waals surface area contributed by atoms with Crippen LogP contribution in [0.3, 0.4) is 0 Å². The molecule has 0 aliphatic carbocycles. The number of aryl methyl sites for hydroxylation is 2. The molecule has 1 aromatic carbocycles. The van der Waals surface area contributed by atoms with E-state index in [-0.39, 0.29) is 6.10 Å². The Bertz CT molecular complexity index is 1330. The van der Waals surface area contributed by atoms with Crippen molar-refractivity contribution in [2.75, 3.05) is 18.0 Å². The number of aliphatic hydroxyl groups excluding tert-OH is 1. The van der Waals surface area contributed by atoms with E-state index in [1.165, 1.54) is 0 Å². The molecule has 29 heavy (non-hydrogen) atoms. The molecule has 1 aliphatic heterocycles. The lowest BCUT2D eigenvalue weighted by Gasteiger charge is -2.39. The molecule has 0 radical (unpaired) electrons. The van der Waals surface area contributed by atoms with Gasteiger partial charge in [0.1, 0.15) is 17.5 Å². The van der Waals surface area contributed by atoms with E-state index >= 15 is 0 Å². The van der Waals surface area contributed by atoms with Crippen LogP contribution in [0.2, 0.25) is 5.02 Å². The predicted molar refractivity (Wildman–Crippen MR) is 111 cm³/mol. The summed E-state index contributed by atoms with van der Waals surface area (Å²) in [6, 6.07) is 9.79. The zero-order chi connectivity index (χ0) is 20.3. The van der Waals surface area contributed by atoms with Crippen molar-refractivity contribution in [2.24, 2.45) is 0 Å². The number of nitrogens with zero attached hydrogens (tertiary/aromatic N) is 6. The average molecular weight is 405 g/mol. The normalized spacial score (nSPS) is 14.4. The number of halogens is 1. The molecule has 0 saturated carbocycles. The number of rotatable bonds is 2. The first-order valence-corrected chi connectivity index (χ1v) is 9.63. The molecule has 144 valence electrons. The van der Waals surface area contributed by atoms with Crippen LogP contribution in [-0.2, 0) is 0 Å². The SMILES string of the molecule is Cc1nc2c(C#N)c(C)nn2c(N2CC(O)C2)c1-c1ccnc2cc(Cl)ccc12. The van der Waals surface area contributed by atoms with Crippen molar-refractivity contribution in [3.05, 3.63) is 52.4 Å². The molecule has 5 rings (SSSR count). The van der Waals surface area contributed by atoms with Crippen molar-refractivity contribution in [1.29, 1.82) is 5.26 Å². The molecule has 0 spiro atoms. The third-order valence-corrected chi connectivity index (χ3v) is 5.58. The number of hydrogen-bond donors (Lipinski definition) is 1. The molecule has 0 atom stereocenters. The first-order chi connectivity index (χ1) is 14.0. The number of aromatic nitrogens is 4. The number of hydrogen-bond acceptors (Lipinski definition) is 6. The fourth-order valence-corrected chi connectivity index (χ4v) is 4.12. The van der Waals surface area contributed by atoms with Crippen LogP contribution in [0.5, 0.6) is 0 Å². The maximum Gasteiger partial charge on any atom is 0.175 e. The fourth-order valence-electron chi connectivity index (χ4n) is 3.95. The molecule has 4 aromatic rings. The molecule has 7 nitrogen and oxygen atoms in total. The average Bonchev–Trinajstić information content (AvgIpc) is 2.98. The maximum atomic E-state index is 9.93. The van der Waals surface area contributed by atoms with Crippen molar-refractivity contribution in [3.63, 3.8) is 0 Å². The Morgan fingerprint density at radius 2 is 2.00 bits per heavy atom. The van der Waals surface area contributed by atoms with Gasteiger partial charge in [0.05, 0.1) is 23.0 Å². The second-order valence-electron chi connectivity index (χ2n) is 7.28. The molecule has 3 aromatic heterocycles. The quantitative estimate of drug-likeness (QED) is 0.551. The van der Waals surface area contributed by atoms with Crippen LogP contribution in [0, 0.1) is 25.2 Å². The zero-order valence-corrected chi connectivity index (χ0v) is 16.6. The highest BCUT2D eigenvalue weighted by Crippen LogP contribution is 2.39. The molecular weight excluding hydrogens is 388 g/mol. The molecule has 1 saturated heterocycles. The van der Waals surface area contributed by atoms with Gasteiger partial charge in [-0.2, -0.15) is 14.9 Å². The van der Waals surface area contributed by atoms with Crippen molar-refractivity contribution in [1.82, 2.24) is 19.6 Å². The molecule has 8 heteroatoms. The highest BCUT2D eigenvalue weighted by molar-refractivity contribution is 6.31. The van der Waals surface area contributed by atoms with Crippen molar-refractivity contribution < 1.29 is 5.11 Å². The van der Waals surface area contributed by atoms with Crippen LogP contribution in [0.25, 0.3) is 27.7 Å². The molecular formula is C21H17ClN6O. The summed E-state index contributed by atoms with van der Waals surface area (Å²) in [7, 11) is 0. The highest BCUT2D eigenvalue weighted by Gasteiger charge is 2.32. The number of β-amino-alcohol motifs (C(OH)–C–C–N with tert-alkyl or cyclic N) is 1. The standard InChI is InChI=1S/C21H17ClN6O/c1-11-17(8-23)20-25-12(2)19(21(28(20)26-11)27-9-14(29)10-27)16-5-6-24-18-7-13(22)3-4-15(16)18/h3-7,14,29H,9-10H2,1-2H3. The Labute approximate surface area is 171 Å². The second kappa shape index (κ2) is 6.41. The van der Waals surface area contributed by atoms with Crippen LogP contribution in [0.4, 0.5) is 5.82 Å². The minimum atomic E-state index is -0.383. The van der Waals surface area contributed by atoms with Gasteiger partial charge in [0, 0.05) is 35.3 Å². The van der Waals surface area contributed by atoms with E-state index in [2.05, 4.69) is 21.1 Å². The summed E-state index contributed by atoms with van der Waals surface area (Å²) in [4.78, 5) is 11.2. The first-order valence-electron chi connectivity index (χ1n) is 9.25. The summed E-state index contributed by atoms with van der Waals surface area (Å²) in [5.74, 6) is 0.824. The van der Waals surface area contributed by atoms with E-state index < -0.39 is 0 Å². The zero-order valence-electron chi connectivity index (χ0n) is 15.9. The van der Waals surface area contributed by atoms with E-state index in [4.69, 9.17) is 16.6 Å². The Morgan fingerprint density at radius 3 is 2.72 bits per heavy atom. The maximum absolute atomic E-state index is 9.93. The molecule has 4 heterocycles. The van der Waals surface area contributed by atoms with Crippen LogP contribution in [-0.4, -0.2) is 43.9 Å². The van der Waals surface area contributed by atoms with Crippen molar-refractivity contribution >= 4 is 34.0 Å². The number of nitriles is 1. The third-order valence-electron chi connectivity index (χ3n) is 5.34. The van der Waals surface area contributed by atoms with E-state index in [1.54, 1.807) is 17.6 Å². The van der Waals surface area contributed by atoms with E-state index in [9.17, 15) is 10.4 Å². The topological polar surface area (TPSA) is 90.3 Å². The van der Waals surface area contributed by atoms with E-state index in [0.717, 1.165) is 33.5 Å². The minimum absolute atomic E-state index is 0.383. The van der Waals surface area contributed by atoms with Gasteiger partial charge in [-0.1, -0.05) is 17.7 Å². The predicted octanol–water partition coefficient (Wildman–Crippen LogP) is 3.27. The van der Waals surface area contributed by atoms with Crippen LogP contribution >= 0.6 is 11.6 Å². The highest BCUT2D eigenvalue weighted by atomic mass is 35.5. The fraction of sp³-hybridized carbons (Fsp3) is 0.238. The summed E-state index contributed by atoms with van der Waals surface area (Å²) >= 11 is 6.16. The van der Waals surface area contributed by atoms with Crippen LogP contribution in [0.15, 0.2) is 30.5 Å². The van der Waals surface area contributed by atoms with Crippen molar-refractivity contribution in [3.8, 4) is 17.2 Å². The largest absolute Gasteiger partial charge is 0.389 e. The molecule has 1 N–H and O–H groups in total. The van der Waals surface area contributed by atoms with Gasteiger partial charge in [-0.05, 0) is 37.6 Å². The molecule has 0 bridgehead atoms. The first kappa shape index (κ1) is 17.9. The second-order valence-corrected chi connectivity index (χ2v) is 7.72. The number of fused-ring (bicyclic) bond motifs is 2. The van der Waals surface area contributed by atoms with Crippen LogP contribution < -0.4 is 4.90 Å². The monoisotopic (exact) mass is 404 g/mol. The molecule has 1 aliphatic rings. The molecule has 0 unspecified atom stereocenters. The van der Waals surface area contributed by atoms with Gasteiger partial charge < -0.3 is 10.0 Å². The Balaban J connectivity index is 1.88. The lowest BCUT2D eigenvalue weighted by molar-refractivity contribution is 0.141. The Kier molecular flexibility index (Phi) is 3.95. The van der Waals surface area contributed by atoms with E-state index in [0.29, 0.717) is 35.0 Å². The number of benzene rings is 1. The number of aliphatic hydroxyl groups is 1. The summed E-state index contributed by atoms with van der Waals surface area (Å²) in [6.07, 6.45) is 1.37. The lowest BCUT2D eigenvalue weighted by Crippen LogP contribution is -2.51. The van der Waals surface area contributed by atoms with Gasteiger partial charge in [0.15, 0.2) is 5.65 Å². The summed E-state index contributed by atoms with van der Waals surface area (Å²) in [5.41, 5.74) is 5.07. The minimum Gasteiger partial charge on any atom is -0.389 e. The van der Waals surface area contributed by atoms with Crippen molar-refractivity contribution in [2.45, 2.75) is 20.0 Å². The third kappa shape index (κ3) is 2.64. The summed E-state index contributed by atoms with van der Waals surface area (Å²) in [6.45, 7) is 4.74. The number of anilines is 1. The van der Waals surface area contributed by atoms with Gasteiger partial charge in [-0.25, -0.2) is 4.98 Å². The Hall–Kier alpha value is -3.21. The molecule has 1 fully saturated rings. The summed E-state index contributed by atoms with van der Waals surface area (Å²) < 4.78 is 1.73.